The van der Waals surface area contributed by atoms with Crippen LogP contribution in [-0.2, 0) is 0 Å². The Morgan fingerprint density at radius 2 is 2.11 bits per heavy atom. The molecule has 3 rings (SSSR count). The highest BCUT2D eigenvalue weighted by molar-refractivity contribution is 14.1. The van der Waals surface area contributed by atoms with Crippen molar-refractivity contribution in [3.63, 3.8) is 0 Å². The molecule has 0 aliphatic rings. The summed E-state index contributed by atoms with van der Waals surface area (Å²) in [6, 6.07) is 13.1. The number of carbonyl (C=O) groups is 1. The van der Waals surface area contributed by atoms with Crippen molar-refractivity contribution in [2.75, 3.05) is 0 Å². The fraction of sp³-hybridized carbons (Fsp3) is 0. The summed E-state index contributed by atoms with van der Waals surface area (Å²) in [4.78, 5) is 15.5. The number of aromatic nitrogens is 2. The van der Waals surface area contributed by atoms with E-state index in [1.807, 2.05) is 42.5 Å². The van der Waals surface area contributed by atoms with Crippen LogP contribution >= 0.6 is 22.6 Å². The fourth-order valence-corrected chi connectivity index (χ4v) is 2.33. The molecule has 0 fully saturated rings. The molecule has 5 heteroatoms. The van der Waals surface area contributed by atoms with E-state index in [1.165, 1.54) is 0 Å². The zero-order chi connectivity index (χ0) is 13.2. The summed E-state index contributed by atoms with van der Waals surface area (Å²) in [5, 5.41) is 0. The van der Waals surface area contributed by atoms with E-state index in [1.54, 1.807) is 10.6 Å². The molecule has 0 bridgehead atoms. The van der Waals surface area contributed by atoms with Crippen LogP contribution in [0.3, 0.4) is 0 Å². The van der Waals surface area contributed by atoms with Gasteiger partial charge in [0.25, 0.3) is 0 Å². The van der Waals surface area contributed by atoms with Crippen LogP contribution in [-0.4, -0.2) is 15.7 Å². The molecule has 0 unspecified atom stereocenters. The number of pyridine rings is 1. The first kappa shape index (κ1) is 12.2. The Hall–Kier alpha value is -1.89. The van der Waals surface area contributed by atoms with E-state index < -0.39 is 0 Å². The smallest absolute Gasteiger partial charge is 0.249 e. The van der Waals surface area contributed by atoms with Gasteiger partial charge in [-0.1, -0.05) is 12.1 Å². The SMILES string of the molecule is O=Cc1c(Oc2cccc(I)c2)nc2ccccn12. The van der Waals surface area contributed by atoms with Crippen LogP contribution < -0.4 is 4.74 Å². The second kappa shape index (κ2) is 5.00. The number of halogens is 1. The van der Waals surface area contributed by atoms with Crippen LogP contribution in [0.15, 0.2) is 48.7 Å². The number of hydrogen-bond donors (Lipinski definition) is 0. The van der Waals surface area contributed by atoms with Gasteiger partial charge in [0, 0.05) is 9.77 Å². The monoisotopic (exact) mass is 364 g/mol. The molecule has 3 aromatic rings. The standard InChI is InChI=1S/C14H9IN2O2/c15-10-4-3-5-11(8-10)19-14-12(9-18)17-7-2-1-6-13(17)16-14/h1-9H. The number of aldehydes is 1. The van der Waals surface area contributed by atoms with Crippen LogP contribution in [0.4, 0.5) is 0 Å². The van der Waals surface area contributed by atoms with E-state index in [0.29, 0.717) is 23.0 Å². The predicted octanol–water partition coefficient (Wildman–Crippen LogP) is 3.54. The minimum absolute atomic E-state index is 0.322. The van der Waals surface area contributed by atoms with Gasteiger partial charge in [0.2, 0.25) is 5.88 Å². The molecule has 0 amide bonds. The number of benzene rings is 1. The molecule has 0 N–H and O–H groups in total. The molecule has 0 saturated heterocycles. The predicted molar refractivity (Wildman–Crippen MR) is 79.8 cm³/mol. The maximum atomic E-state index is 11.2. The van der Waals surface area contributed by atoms with Crippen LogP contribution in [0.25, 0.3) is 5.65 Å². The molecule has 19 heavy (non-hydrogen) atoms. The first-order chi connectivity index (χ1) is 9.28. The van der Waals surface area contributed by atoms with E-state index >= 15 is 0 Å². The number of fused-ring (bicyclic) bond motifs is 1. The lowest BCUT2D eigenvalue weighted by Crippen LogP contribution is -1.92. The molecular weight excluding hydrogens is 355 g/mol. The average Bonchev–Trinajstić information content (AvgIpc) is 2.75. The zero-order valence-corrected chi connectivity index (χ0v) is 11.9. The number of rotatable bonds is 3. The third-order valence-electron chi connectivity index (χ3n) is 2.66. The zero-order valence-electron chi connectivity index (χ0n) is 9.79. The van der Waals surface area contributed by atoms with E-state index in [2.05, 4.69) is 27.6 Å². The lowest BCUT2D eigenvalue weighted by Gasteiger charge is -2.03. The largest absolute Gasteiger partial charge is 0.437 e. The maximum absolute atomic E-state index is 11.2. The minimum atomic E-state index is 0.322. The average molecular weight is 364 g/mol. The Kier molecular flexibility index (Phi) is 3.20. The Morgan fingerprint density at radius 1 is 1.21 bits per heavy atom. The summed E-state index contributed by atoms with van der Waals surface area (Å²) in [6.07, 6.45) is 2.54. The van der Waals surface area contributed by atoms with Crippen LogP contribution in [0.2, 0.25) is 0 Å². The van der Waals surface area contributed by atoms with Gasteiger partial charge in [0.1, 0.15) is 11.4 Å². The normalized spacial score (nSPS) is 10.6. The summed E-state index contributed by atoms with van der Waals surface area (Å²) in [6.45, 7) is 0. The summed E-state index contributed by atoms with van der Waals surface area (Å²) in [5.41, 5.74) is 1.10. The molecule has 0 radical (unpaired) electrons. The van der Waals surface area contributed by atoms with Crippen LogP contribution in [0, 0.1) is 3.57 Å². The minimum Gasteiger partial charge on any atom is -0.437 e. The molecule has 0 spiro atoms. The van der Waals surface area contributed by atoms with Crippen molar-refractivity contribution in [2.24, 2.45) is 0 Å². The first-order valence-corrected chi connectivity index (χ1v) is 6.71. The quantitative estimate of drug-likeness (QED) is 0.528. The van der Waals surface area contributed by atoms with E-state index in [9.17, 15) is 4.79 Å². The molecular formula is C14H9IN2O2. The van der Waals surface area contributed by atoms with Gasteiger partial charge in [-0.3, -0.25) is 9.20 Å². The van der Waals surface area contributed by atoms with Crippen molar-refractivity contribution in [2.45, 2.75) is 0 Å². The van der Waals surface area contributed by atoms with Crippen molar-refractivity contribution in [1.29, 1.82) is 0 Å². The molecule has 2 heterocycles. The van der Waals surface area contributed by atoms with Gasteiger partial charge in [0.15, 0.2) is 12.0 Å². The number of imidazole rings is 1. The Morgan fingerprint density at radius 3 is 2.89 bits per heavy atom. The lowest BCUT2D eigenvalue weighted by atomic mass is 10.3. The van der Waals surface area contributed by atoms with Gasteiger partial charge in [-0.2, -0.15) is 4.98 Å². The van der Waals surface area contributed by atoms with Crippen molar-refractivity contribution < 1.29 is 9.53 Å². The van der Waals surface area contributed by atoms with E-state index in [4.69, 9.17) is 4.74 Å². The van der Waals surface area contributed by atoms with Crippen molar-refractivity contribution >= 4 is 34.5 Å². The highest BCUT2D eigenvalue weighted by atomic mass is 127. The fourth-order valence-electron chi connectivity index (χ4n) is 1.82. The molecule has 4 nitrogen and oxygen atoms in total. The van der Waals surface area contributed by atoms with E-state index in [-0.39, 0.29) is 0 Å². The first-order valence-electron chi connectivity index (χ1n) is 5.63. The summed E-state index contributed by atoms with van der Waals surface area (Å²) in [5.74, 6) is 0.988. The van der Waals surface area contributed by atoms with Gasteiger partial charge < -0.3 is 4.74 Å². The topological polar surface area (TPSA) is 43.6 Å². The summed E-state index contributed by atoms with van der Waals surface area (Å²) >= 11 is 2.21. The van der Waals surface area contributed by atoms with E-state index in [0.717, 1.165) is 9.86 Å². The van der Waals surface area contributed by atoms with Gasteiger partial charge >= 0.3 is 0 Å². The van der Waals surface area contributed by atoms with Crippen LogP contribution in [0.5, 0.6) is 11.6 Å². The highest BCUT2D eigenvalue weighted by Crippen LogP contribution is 2.25. The summed E-state index contributed by atoms with van der Waals surface area (Å²) in [7, 11) is 0. The van der Waals surface area contributed by atoms with Crippen molar-refractivity contribution in [3.05, 3.63) is 57.9 Å². The van der Waals surface area contributed by atoms with Gasteiger partial charge in [-0.05, 0) is 52.9 Å². The molecule has 0 saturated carbocycles. The molecule has 1 aromatic carbocycles. The molecule has 0 atom stereocenters. The highest BCUT2D eigenvalue weighted by Gasteiger charge is 2.13. The molecule has 94 valence electrons. The number of carbonyl (C=O) groups excluding carboxylic acids is 1. The Bertz CT molecular complexity index is 752. The van der Waals surface area contributed by atoms with Gasteiger partial charge in [-0.25, -0.2) is 0 Å². The van der Waals surface area contributed by atoms with Crippen LogP contribution in [0.1, 0.15) is 10.5 Å². The maximum Gasteiger partial charge on any atom is 0.249 e. The third-order valence-corrected chi connectivity index (χ3v) is 3.33. The van der Waals surface area contributed by atoms with Crippen molar-refractivity contribution in [1.82, 2.24) is 9.38 Å². The Balaban J connectivity index is 2.07. The lowest BCUT2D eigenvalue weighted by molar-refractivity contribution is 0.111. The number of ether oxygens (including phenoxy) is 1. The number of hydrogen-bond acceptors (Lipinski definition) is 3. The second-order valence-electron chi connectivity index (χ2n) is 3.91. The van der Waals surface area contributed by atoms with Gasteiger partial charge in [-0.15, -0.1) is 0 Å². The van der Waals surface area contributed by atoms with Crippen molar-refractivity contribution in [3.8, 4) is 11.6 Å². The molecule has 0 aliphatic carbocycles. The Labute approximate surface area is 123 Å². The molecule has 0 aliphatic heterocycles. The van der Waals surface area contributed by atoms with Gasteiger partial charge in [0.05, 0.1) is 0 Å². The third kappa shape index (κ3) is 2.33. The second-order valence-corrected chi connectivity index (χ2v) is 5.15. The molecule has 2 aromatic heterocycles. The summed E-state index contributed by atoms with van der Waals surface area (Å²) < 4.78 is 8.46. The number of nitrogens with zero attached hydrogens (tertiary/aromatic N) is 2.